The van der Waals surface area contributed by atoms with Gasteiger partial charge in [-0.25, -0.2) is 13.4 Å². The molecule has 2 unspecified atom stereocenters. The molecule has 0 spiro atoms. The van der Waals surface area contributed by atoms with Crippen molar-refractivity contribution in [3.8, 4) is 0 Å². The lowest BCUT2D eigenvalue weighted by atomic mass is 9.86. The third-order valence-electron chi connectivity index (χ3n) is 6.39. The second-order valence-corrected chi connectivity index (χ2v) is 10.6. The Kier molecular flexibility index (Phi) is 7.10. The summed E-state index contributed by atoms with van der Waals surface area (Å²) in [6.07, 6.45) is -3.88. The highest BCUT2D eigenvalue weighted by Gasteiger charge is 2.47. The van der Waals surface area contributed by atoms with Gasteiger partial charge in [-0.05, 0) is 43.0 Å². The number of halogens is 3. The molecule has 0 saturated carbocycles. The van der Waals surface area contributed by atoms with E-state index < -0.39 is 40.5 Å². The fourth-order valence-corrected chi connectivity index (χ4v) is 6.10. The van der Waals surface area contributed by atoms with Crippen LogP contribution in [0.1, 0.15) is 46.1 Å². The van der Waals surface area contributed by atoms with E-state index in [1.807, 2.05) is 6.92 Å². The second kappa shape index (κ2) is 9.94. The van der Waals surface area contributed by atoms with E-state index >= 15 is 0 Å². The van der Waals surface area contributed by atoms with Crippen molar-refractivity contribution in [2.24, 2.45) is 11.7 Å². The Balaban J connectivity index is 1.71. The summed E-state index contributed by atoms with van der Waals surface area (Å²) < 4.78 is 69.5. The molecule has 1 fully saturated rings. The van der Waals surface area contributed by atoms with E-state index in [4.69, 9.17) is 5.73 Å². The van der Waals surface area contributed by atoms with Gasteiger partial charge in [-0.1, -0.05) is 42.0 Å². The highest BCUT2D eigenvalue weighted by Crippen LogP contribution is 2.45. The molecule has 192 valence electrons. The van der Waals surface area contributed by atoms with Crippen LogP contribution in [0.15, 0.2) is 59.8 Å². The molecule has 2 heterocycles. The molecule has 4 N–H and O–H groups in total. The molecule has 0 aliphatic carbocycles. The highest BCUT2D eigenvalue weighted by molar-refractivity contribution is 7.89. The van der Waals surface area contributed by atoms with Crippen molar-refractivity contribution in [3.63, 3.8) is 0 Å². The fraction of sp³-hybridized carbons (Fsp3) is 0.333. The summed E-state index contributed by atoms with van der Waals surface area (Å²) in [5.74, 6) is -2.17. The van der Waals surface area contributed by atoms with Crippen LogP contribution in [0.5, 0.6) is 0 Å². The standard InChI is InChI=1S/C24H26F3N5O3S/c1-15-6-8-18(9-7-15)36(34,35)32-11-10-17(24(25,26)27)12-20(32)19-5-3-2-4-16(19)13-29-23-21(22(28)33)30-14-31-23/h2-9,14,17,20,29H,10-13H2,1H3,(H2,28,33)(H,30,31). The molecule has 36 heavy (non-hydrogen) atoms. The monoisotopic (exact) mass is 521 g/mol. The smallest absolute Gasteiger partial charge is 0.364 e. The number of piperidine rings is 1. The number of aromatic nitrogens is 2. The number of alkyl halides is 3. The van der Waals surface area contributed by atoms with Crippen molar-refractivity contribution in [1.29, 1.82) is 0 Å². The molecule has 1 aliphatic rings. The van der Waals surface area contributed by atoms with Crippen LogP contribution in [-0.2, 0) is 16.6 Å². The van der Waals surface area contributed by atoms with E-state index in [0.717, 1.165) is 5.56 Å². The lowest BCUT2D eigenvalue weighted by Crippen LogP contribution is -2.44. The number of primary amides is 1. The summed E-state index contributed by atoms with van der Waals surface area (Å²) >= 11 is 0. The number of carbonyl (C=O) groups is 1. The maximum atomic E-state index is 13.7. The molecule has 2 atom stereocenters. The number of sulfonamides is 1. The number of amides is 1. The number of rotatable bonds is 7. The quantitative estimate of drug-likeness (QED) is 0.432. The van der Waals surface area contributed by atoms with E-state index in [9.17, 15) is 26.4 Å². The third-order valence-corrected chi connectivity index (χ3v) is 8.31. The van der Waals surface area contributed by atoms with Crippen LogP contribution in [0.2, 0.25) is 0 Å². The number of nitrogens with zero attached hydrogens (tertiary/aromatic N) is 2. The normalized spacial score (nSPS) is 19.2. The van der Waals surface area contributed by atoms with Crippen molar-refractivity contribution in [1.82, 2.24) is 14.3 Å². The SMILES string of the molecule is Cc1ccc(S(=O)(=O)N2CCC(C(F)(F)F)CC2c2ccccc2CNc2nc[nH]c2C(N)=O)cc1. The molecule has 1 aromatic heterocycles. The van der Waals surface area contributed by atoms with Crippen LogP contribution < -0.4 is 11.1 Å². The molecule has 0 bridgehead atoms. The fourth-order valence-electron chi connectivity index (χ4n) is 4.47. The van der Waals surface area contributed by atoms with E-state index in [-0.39, 0.29) is 35.9 Å². The molecule has 1 saturated heterocycles. The Morgan fingerprint density at radius 1 is 1.19 bits per heavy atom. The molecule has 4 rings (SSSR count). The summed E-state index contributed by atoms with van der Waals surface area (Å²) in [6, 6.07) is 11.9. The third kappa shape index (κ3) is 5.24. The highest BCUT2D eigenvalue weighted by atomic mass is 32.2. The van der Waals surface area contributed by atoms with Gasteiger partial charge >= 0.3 is 6.18 Å². The van der Waals surface area contributed by atoms with Gasteiger partial charge in [-0.2, -0.15) is 17.5 Å². The average molecular weight is 522 g/mol. The first kappa shape index (κ1) is 25.7. The van der Waals surface area contributed by atoms with Gasteiger partial charge in [0.15, 0.2) is 5.82 Å². The Morgan fingerprint density at radius 3 is 2.56 bits per heavy atom. The average Bonchev–Trinajstić information content (AvgIpc) is 3.31. The molecule has 8 nitrogen and oxygen atoms in total. The first-order chi connectivity index (χ1) is 17.0. The van der Waals surface area contributed by atoms with Gasteiger partial charge in [0.1, 0.15) is 5.69 Å². The van der Waals surface area contributed by atoms with Crippen molar-refractivity contribution >= 4 is 21.7 Å². The first-order valence-electron chi connectivity index (χ1n) is 11.3. The zero-order valence-electron chi connectivity index (χ0n) is 19.4. The number of nitrogens with two attached hydrogens (primary N) is 1. The van der Waals surface area contributed by atoms with Gasteiger partial charge in [0.25, 0.3) is 5.91 Å². The predicted octanol–water partition coefficient (Wildman–Crippen LogP) is 4.13. The molecule has 1 amide bonds. The first-order valence-corrected chi connectivity index (χ1v) is 12.7. The molecule has 0 radical (unpaired) electrons. The van der Waals surface area contributed by atoms with E-state index in [2.05, 4.69) is 15.3 Å². The lowest BCUT2D eigenvalue weighted by molar-refractivity contribution is -0.187. The number of hydrogen-bond donors (Lipinski definition) is 3. The van der Waals surface area contributed by atoms with Crippen LogP contribution >= 0.6 is 0 Å². The van der Waals surface area contributed by atoms with Gasteiger partial charge in [-0.3, -0.25) is 4.79 Å². The van der Waals surface area contributed by atoms with Crippen molar-refractivity contribution in [3.05, 3.63) is 77.2 Å². The minimum Gasteiger partial charge on any atom is -0.364 e. The van der Waals surface area contributed by atoms with Crippen molar-refractivity contribution in [2.45, 2.75) is 43.4 Å². The van der Waals surface area contributed by atoms with E-state index in [1.54, 1.807) is 36.4 Å². The topological polar surface area (TPSA) is 121 Å². The maximum absolute atomic E-state index is 13.7. The number of nitrogens with one attached hydrogen (secondary N) is 2. The molecule has 1 aliphatic heterocycles. The Hall–Kier alpha value is -3.38. The number of anilines is 1. The number of aryl methyl sites for hydroxylation is 1. The Labute approximate surface area is 206 Å². The zero-order chi connectivity index (χ0) is 26.1. The van der Waals surface area contributed by atoms with Gasteiger partial charge in [0.05, 0.1) is 23.2 Å². The van der Waals surface area contributed by atoms with Gasteiger partial charge < -0.3 is 16.0 Å². The minimum absolute atomic E-state index is 0.0294. The minimum atomic E-state index is -4.45. The van der Waals surface area contributed by atoms with Crippen LogP contribution in [0.3, 0.4) is 0 Å². The number of benzene rings is 2. The number of carbonyl (C=O) groups excluding carboxylic acids is 1. The molecular weight excluding hydrogens is 495 g/mol. The summed E-state index contributed by atoms with van der Waals surface area (Å²) in [4.78, 5) is 18.3. The van der Waals surface area contributed by atoms with Crippen LogP contribution in [0, 0.1) is 12.8 Å². The van der Waals surface area contributed by atoms with Crippen molar-refractivity contribution in [2.75, 3.05) is 11.9 Å². The van der Waals surface area contributed by atoms with Gasteiger partial charge in [0, 0.05) is 13.1 Å². The van der Waals surface area contributed by atoms with E-state index in [0.29, 0.717) is 11.1 Å². The number of H-pyrrole nitrogens is 1. The number of hydrogen-bond acceptors (Lipinski definition) is 5. The van der Waals surface area contributed by atoms with E-state index in [1.165, 1.54) is 22.8 Å². The molecular formula is C24H26F3N5O3S. The molecule has 12 heteroatoms. The summed E-state index contributed by atoms with van der Waals surface area (Å²) in [5.41, 5.74) is 7.29. The summed E-state index contributed by atoms with van der Waals surface area (Å²) in [7, 11) is -4.07. The van der Waals surface area contributed by atoms with Crippen molar-refractivity contribution < 1.29 is 26.4 Å². The van der Waals surface area contributed by atoms with Crippen LogP contribution in [-0.4, -0.2) is 41.3 Å². The largest absolute Gasteiger partial charge is 0.391 e. The van der Waals surface area contributed by atoms with Gasteiger partial charge in [-0.15, -0.1) is 0 Å². The second-order valence-electron chi connectivity index (χ2n) is 8.75. The van der Waals surface area contributed by atoms with Crippen LogP contribution in [0.25, 0.3) is 0 Å². The summed E-state index contributed by atoms with van der Waals surface area (Å²) in [6.45, 7) is 1.64. The number of aromatic amines is 1. The summed E-state index contributed by atoms with van der Waals surface area (Å²) in [5, 5.41) is 2.97. The Bertz CT molecular complexity index is 1340. The molecule has 3 aromatic rings. The number of imidazole rings is 1. The lowest BCUT2D eigenvalue weighted by Gasteiger charge is -2.40. The van der Waals surface area contributed by atoms with Gasteiger partial charge in [0.2, 0.25) is 10.0 Å². The maximum Gasteiger partial charge on any atom is 0.391 e. The zero-order valence-corrected chi connectivity index (χ0v) is 20.2. The predicted molar refractivity (Wildman–Crippen MR) is 127 cm³/mol. The molecule has 2 aromatic carbocycles. The Morgan fingerprint density at radius 2 is 1.89 bits per heavy atom. The van der Waals surface area contributed by atoms with Crippen LogP contribution in [0.4, 0.5) is 19.0 Å².